The molecular weight excluding hydrogens is 665 g/mol. The smallest absolute Gasteiger partial charge is 0.369 e. The first-order valence-corrected chi connectivity index (χ1v) is 16.2. The largest absolute Gasteiger partial charge is 0.490 e. The number of carbonyl (C=O) groups excluding carboxylic acids is 1. The van der Waals surface area contributed by atoms with Crippen LogP contribution in [0.1, 0.15) is 6.23 Å². The molecule has 26 heteroatoms. The molecule has 234 valence electrons. The molecular formula is C17H21N8O14P3S. The first-order valence-electron chi connectivity index (χ1n) is 11.3. The molecule has 2 radical (unpaired) electrons. The van der Waals surface area contributed by atoms with Crippen molar-refractivity contribution in [3.8, 4) is 0 Å². The first kappa shape index (κ1) is 33.3. The van der Waals surface area contributed by atoms with Gasteiger partial charge in [-0.1, -0.05) is 12.2 Å². The third-order valence-corrected chi connectivity index (χ3v) is 9.31. The predicted octanol–water partition coefficient (Wildman–Crippen LogP) is 0.179. The number of fused-ring (bicyclic) bond motifs is 1. The number of anilines is 2. The molecule has 22 nitrogen and oxygen atoms in total. The number of aromatic nitrogens is 6. The van der Waals surface area contributed by atoms with Gasteiger partial charge in [0.05, 0.1) is 12.9 Å². The van der Waals surface area contributed by atoms with Gasteiger partial charge >= 0.3 is 23.5 Å². The zero-order chi connectivity index (χ0) is 31.6. The lowest BCUT2D eigenvalue weighted by atomic mass is 10.1. The first-order chi connectivity index (χ1) is 20.1. The van der Waals surface area contributed by atoms with E-state index in [9.17, 15) is 28.3 Å². The van der Waals surface area contributed by atoms with E-state index in [-0.39, 0.29) is 27.7 Å². The third-order valence-electron chi connectivity index (χ3n) is 5.22. The second kappa shape index (κ2) is 13.2. The van der Waals surface area contributed by atoms with Crippen LogP contribution in [0.3, 0.4) is 0 Å². The summed E-state index contributed by atoms with van der Waals surface area (Å²) in [7, 11) is -11.5. The number of carbonyl (C=O) groups is 1. The Kier molecular flexibility index (Phi) is 10.2. The average molecular weight is 686 g/mol. The zero-order valence-electron chi connectivity index (χ0n) is 21.0. The van der Waals surface area contributed by atoms with E-state index < -0.39 is 67.1 Å². The van der Waals surface area contributed by atoms with Crippen LogP contribution in [0, 0.1) is 11.8 Å². The number of ether oxygens (including phenoxy) is 3. The maximum atomic E-state index is 12.5. The molecule has 0 saturated carbocycles. The molecule has 8 N–H and O–H groups in total. The second-order valence-electron chi connectivity index (χ2n) is 8.22. The Morgan fingerprint density at radius 1 is 1.14 bits per heavy atom. The Bertz CT molecular complexity index is 1670. The summed E-state index contributed by atoms with van der Waals surface area (Å²) in [5.74, 6) is -0.819. The Labute approximate surface area is 245 Å². The predicted molar refractivity (Wildman–Crippen MR) is 140 cm³/mol. The molecule has 3 unspecified atom stereocenters. The van der Waals surface area contributed by atoms with Crippen LogP contribution >= 0.6 is 35.7 Å². The van der Waals surface area contributed by atoms with Crippen LogP contribution in [0.2, 0.25) is 0 Å². The lowest BCUT2D eigenvalue weighted by Crippen LogP contribution is -2.38. The summed E-state index contributed by atoms with van der Waals surface area (Å²) in [5, 5.41) is 2.40. The van der Waals surface area contributed by atoms with Crippen molar-refractivity contribution in [2.75, 3.05) is 24.3 Å². The van der Waals surface area contributed by atoms with Crippen molar-refractivity contribution < 1.29 is 65.4 Å². The minimum atomic E-state index is -5.79. The summed E-state index contributed by atoms with van der Waals surface area (Å²) >= 11 is 5.17. The Morgan fingerprint density at radius 2 is 1.84 bits per heavy atom. The van der Waals surface area contributed by atoms with E-state index in [0.29, 0.717) is 0 Å². The molecule has 0 aromatic carbocycles. The minimum Gasteiger partial charge on any atom is -0.369 e. The summed E-state index contributed by atoms with van der Waals surface area (Å²) in [6.45, 7) is -1.60. The molecule has 4 heterocycles. The molecule has 0 bridgehead atoms. The van der Waals surface area contributed by atoms with Crippen LogP contribution in [-0.4, -0.2) is 86.5 Å². The molecule has 1 amide bonds. The van der Waals surface area contributed by atoms with Gasteiger partial charge in [0.2, 0.25) is 5.95 Å². The quantitative estimate of drug-likeness (QED) is 0.0931. The van der Waals surface area contributed by atoms with Gasteiger partial charge < -0.3 is 44.5 Å². The number of amides is 1. The number of nitrogens with one attached hydrogen (secondary N) is 2. The number of aromatic amines is 1. The van der Waals surface area contributed by atoms with E-state index in [1.165, 1.54) is 29.4 Å². The van der Waals surface area contributed by atoms with Gasteiger partial charge in [0.1, 0.15) is 43.2 Å². The molecule has 4 rings (SSSR count). The number of H-pyrrole nitrogens is 1. The maximum absolute atomic E-state index is 12.5. The summed E-state index contributed by atoms with van der Waals surface area (Å²) in [6.07, 6.45) is -1.35. The molecule has 3 aromatic rings. The van der Waals surface area contributed by atoms with Crippen molar-refractivity contribution in [1.29, 1.82) is 0 Å². The fourth-order valence-corrected chi connectivity index (χ4v) is 7.00. The standard InChI is InChI=1S/C17H21N8O14P3S/c1-34-11-8(5-36-41(30,31)39-42(32,33)38-40(27,28)29)37-15(25-7-21-10-13(25)23-16(18)24-14(10)43)12(11)35-6-9(26)22-17-19-3-2-4-20-17/h1-4,7-8,11-12,15H,5-6H2,(H,30,31)(H,32,33)(H2,27,28,29)(H3,18,23,24,43)(H,19,20,22,26)/t8-,11?,12+,15-/m1/s1. The summed E-state index contributed by atoms with van der Waals surface area (Å²) < 4.78 is 64.8. The second-order valence-corrected chi connectivity index (χ2v) is 13.0. The fourth-order valence-electron chi connectivity index (χ4n) is 3.72. The highest BCUT2D eigenvalue weighted by atomic mass is 32.1. The summed E-state index contributed by atoms with van der Waals surface area (Å²) in [5.41, 5.74) is 6.14. The molecule has 1 saturated heterocycles. The SMILES string of the molecule is [CH]OC1[C@@H](COP(=O)(O)OP(=O)(O)OP(=O)(O)O)O[C@@H](n2cnc3c(=S)nc(N)[nH]c32)[C@H]1OCC(=O)Nc1ncccn1. The lowest BCUT2D eigenvalue weighted by molar-refractivity contribution is -0.128. The van der Waals surface area contributed by atoms with Gasteiger partial charge in [0.15, 0.2) is 16.8 Å². The molecule has 3 aromatic heterocycles. The van der Waals surface area contributed by atoms with E-state index in [1.807, 2.05) is 0 Å². The van der Waals surface area contributed by atoms with Gasteiger partial charge in [-0.25, -0.2) is 33.6 Å². The van der Waals surface area contributed by atoms with Crippen molar-refractivity contribution in [2.24, 2.45) is 0 Å². The van der Waals surface area contributed by atoms with Crippen LogP contribution in [-0.2, 0) is 45.8 Å². The van der Waals surface area contributed by atoms with E-state index >= 15 is 0 Å². The fraction of sp³-hybridized carbons (Fsp3) is 0.353. The van der Waals surface area contributed by atoms with Crippen LogP contribution in [0.15, 0.2) is 24.8 Å². The lowest BCUT2D eigenvalue weighted by Gasteiger charge is -2.23. The Hall–Kier alpha value is -2.59. The number of imidazole rings is 1. The number of nitrogen functional groups attached to an aromatic ring is 1. The van der Waals surface area contributed by atoms with Gasteiger partial charge in [-0.05, 0) is 6.07 Å². The number of hydrogen-bond acceptors (Lipinski definition) is 16. The number of rotatable bonds is 13. The Balaban J connectivity index is 1.57. The van der Waals surface area contributed by atoms with Gasteiger partial charge in [0.25, 0.3) is 5.91 Å². The summed E-state index contributed by atoms with van der Waals surface area (Å²) in [6, 6.07) is 1.53. The Morgan fingerprint density at radius 3 is 2.49 bits per heavy atom. The van der Waals surface area contributed by atoms with E-state index in [0.717, 1.165) is 0 Å². The highest BCUT2D eigenvalue weighted by Gasteiger charge is 2.49. The van der Waals surface area contributed by atoms with Crippen molar-refractivity contribution in [1.82, 2.24) is 29.5 Å². The van der Waals surface area contributed by atoms with Crippen molar-refractivity contribution >= 4 is 64.7 Å². The number of phosphoric ester groups is 1. The van der Waals surface area contributed by atoms with Gasteiger partial charge in [-0.2, -0.15) is 8.62 Å². The van der Waals surface area contributed by atoms with Crippen molar-refractivity contribution in [3.63, 3.8) is 0 Å². The van der Waals surface area contributed by atoms with Crippen LogP contribution in [0.25, 0.3) is 11.2 Å². The molecule has 6 atom stereocenters. The normalized spacial score (nSPS) is 23.6. The number of hydrogen-bond donors (Lipinski definition) is 7. The monoisotopic (exact) mass is 686 g/mol. The highest BCUT2D eigenvalue weighted by molar-refractivity contribution is 7.71. The van der Waals surface area contributed by atoms with Crippen molar-refractivity contribution in [3.05, 3.63) is 36.5 Å². The van der Waals surface area contributed by atoms with E-state index in [4.69, 9.17) is 49.1 Å². The maximum Gasteiger partial charge on any atom is 0.490 e. The zero-order valence-corrected chi connectivity index (χ0v) is 24.5. The number of nitrogens with two attached hydrogens (primary N) is 1. The summed E-state index contributed by atoms with van der Waals surface area (Å²) in [4.78, 5) is 67.7. The molecule has 43 heavy (non-hydrogen) atoms. The topological polar surface area (TPSA) is 315 Å². The molecule has 1 fully saturated rings. The van der Waals surface area contributed by atoms with Gasteiger partial charge in [0, 0.05) is 12.4 Å². The number of phosphoric acid groups is 3. The minimum absolute atomic E-state index is 0.0213. The highest BCUT2D eigenvalue weighted by Crippen LogP contribution is 2.66. The van der Waals surface area contributed by atoms with Gasteiger partial charge in [-0.15, -0.1) is 0 Å². The average Bonchev–Trinajstić information content (AvgIpc) is 3.45. The third kappa shape index (κ3) is 8.75. The molecule has 1 aliphatic heterocycles. The molecule has 0 spiro atoms. The van der Waals surface area contributed by atoms with Crippen LogP contribution in [0.5, 0.6) is 0 Å². The van der Waals surface area contributed by atoms with Crippen LogP contribution < -0.4 is 11.1 Å². The van der Waals surface area contributed by atoms with Gasteiger partial charge in [-0.3, -0.25) is 19.2 Å². The molecule has 0 aliphatic carbocycles. The van der Waals surface area contributed by atoms with E-state index in [1.54, 1.807) is 0 Å². The number of nitrogens with zero attached hydrogens (tertiary/aromatic N) is 5. The van der Waals surface area contributed by atoms with Crippen LogP contribution in [0.4, 0.5) is 11.9 Å². The molecule has 1 aliphatic rings. The van der Waals surface area contributed by atoms with Crippen molar-refractivity contribution in [2.45, 2.75) is 24.5 Å². The van der Waals surface area contributed by atoms with E-state index in [2.05, 4.69) is 43.4 Å².